The summed E-state index contributed by atoms with van der Waals surface area (Å²) in [6.45, 7) is 1.60. The highest BCUT2D eigenvalue weighted by Gasteiger charge is 2.10. The molecule has 1 rings (SSSR count). The van der Waals surface area contributed by atoms with Crippen molar-refractivity contribution in [2.24, 2.45) is 0 Å². The Hall–Kier alpha value is -1.35. The minimum atomic E-state index is 0.0254. The van der Waals surface area contributed by atoms with Gasteiger partial charge in [0.05, 0.1) is 0 Å². The van der Waals surface area contributed by atoms with Gasteiger partial charge in [-0.05, 0) is 26.2 Å². The first kappa shape index (κ1) is 11.7. The number of amides is 1. The zero-order valence-corrected chi connectivity index (χ0v) is 9.53. The van der Waals surface area contributed by atoms with Crippen molar-refractivity contribution in [3.05, 3.63) is 35.9 Å². The summed E-state index contributed by atoms with van der Waals surface area (Å²) in [5, 5.41) is 0. The van der Waals surface area contributed by atoms with Crippen molar-refractivity contribution in [1.82, 2.24) is 9.80 Å². The Bertz CT molecular complexity index is 309. The summed E-state index contributed by atoms with van der Waals surface area (Å²) in [7, 11) is 5.80. The molecule has 0 atom stereocenters. The van der Waals surface area contributed by atoms with E-state index in [1.54, 1.807) is 17.0 Å². The van der Waals surface area contributed by atoms with Crippen molar-refractivity contribution < 1.29 is 4.79 Å². The number of carbonyl (C=O) groups excluding carboxylic acids is 1. The van der Waals surface area contributed by atoms with Crippen LogP contribution >= 0.6 is 0 Å². The molecule has 0 aliphatic heterocycles. The van der Waals surface area contributed by atoms with Crippen LogP contribution in [0, 0.1) is 6.07 Å². The molecule has 0 N–H and O–H groups in total. The Kier molecular flexibility index (Phi) is 4.31. The van der Waals surface area contributed by atoms with Crippen LogP contribution in [0.25, 0.3) is 0 Å². The Morgan fingerprint density at radius 3 is 2.53 bits per heavy atom. The topological polar surface area (TPSA) is 23.6 Å². The van der Waals surface area contributed by atoms with Crippen LogP contribution in [0.5, 0.6) is 0 Å². The maximum atomic E-state index is 11.8. The second-order valence-corrected chi connectivity index (χ2v) is 3.81. The molecular formula is C12H17N2O. The highest BCUT2D eigenvalue weighted by atomic mass is 16.2. The molecule has 0 aliphatic rings. The molecule has 0 aromatic heterocycles. The lowest BCUT2D eigenvalue weighted by Gasteiger charge is -2.19. The van der Waals surface area contributed by atoms with Crippen molar-refractivity contribution in [1.29, 1.82) is 0 Å². The summed E-state index contributed by atoms with van der Waals surface area (Å²) in [6, 6.07) is 10.2. The van der Waals surface area contributed by atoms with Crippen LogP contribution in [-0.4, -0.2) is 49.9 Å². The molecule has 0 fully saturated rings. The van der Waals surface area contributed by atoms with Gasteiger partial charge in [0.1, 0.15) is 0 Å². The summed E-state index contributed by atoms with van der Waals surface area (Å²) >= 11 is 0. The molecule has 1 aromatic rings. The van der Waals surface area contributed by atoms with Crippen molar-refractivity contribution >= 4 is 5.91 Å². The molecule has 1 radical (unpaired) electrons. The molecular weight excluding hydrogens is 188 g/mol. The Balaban J connectivity index is 2.54. The van der Waals surface area contributed by atoms with Gasteiger partial charge in [0.2, 0.25) is 0 Å². The normalized spacial score (nSPS) is 10.4. The zero-order valence-electron chi connectivity index (χ0n) is 9.53. The average molecular weight is 205 g/mol. The molecule has 0 heterocycles. The minimum Gasteiger partial charge on any atom is -0.340 e. The van der Waals surface area contributed by atoms with Crippen LogP contribution < -0.4 is 0 Å². The van der Waals surface area contributed by atoms with Crippen LogP contribution in [0.1, 0.15) is 10.4 Å². The van der Waals surface area contributed by atoms with Crippen molar-refractivity contribution in [2.45, 2.75) is 0 Å². The summed E-state index contributed by atoms with van der Waals surface area (Å²) in [6.07, 6.45) is 0. The van der Waals surface area contributed by atoms with Crippen molar-refractivity contribution in [3.63, 3.8) is 0 Å². The molecule has 3 heteroatoms. The lowest BCUT2D eigenvalue weighted by molar-refractivity contribution is 0.0786. The molecule has 0 unspecified atom stereocenters. The maximum Gasteiger partial charge on any atom is 0.254 e. The second-order valence-electron chi connectivity index (χ2n) is 3.81. The van der Waals surface area contributed by atoms with Crippen LogP contribution in [0.3, 0.4) is 0 Å². The first-order valence-electron chi connectivity index (χ1n) is 4.98. The summed E-state index contributed by atoms with van der Waals surface area (Å²) in [5.41, 5.74) is 0.624. The van der Waals surface area contributed by atoms with E-state index < -0.39 is 0 Å². The van der Waals surface area contributed by atoms with Crippen LogP contribution in [0.4, 0.5) is 0 Å². The van der Waals surface area contributed by atoms with E-state index in [2.05, 4.69) is 11.0 Å². The van der Waals surface area contributed by atoms with Gasteiger partial charge in [-0.3, -0.25) is 4.79 Å². The van der Waals surface area contributed by atoms with E-state index in [1.165, 1.54) is 0 Å². The first-order chi connectivity index (χ1) is 7.11. The SMILES string of the molecule is CN(C)CCN(C)C(=O)c1[c]cccc1. The van der Waals surface area contributed by atoms with Gasteiger partial charge in [-0.15, -0.1) is 0 Å². The fourth-order valence-electron chi connectivity index (χ4n) is 1.18. The summed E-state index contributed by atoms with van der Waals surface area (Å²) in [4.78, 5) is 15.6. The Morgan fingerprint density at radius 2 is 2.00 bits per heavy atom. The number of hydrogen-bond donors (Lipinski definition) is 0. The van der Waals surface area contributed by atoms with Crippen LogP contribution in [-0.2, 0) is 0 Å². The van der Waals surface area contributed by atoms with Gasteiger partial charge in [-0.1, -0.05) is 18.2 Å². The monoisotopic (exact) mass is 205 g/mol. The van der Waals surface area contributed by atoms with Gasteiger partial charge >= 0.3 is 0 Å². The molecule has 0 bridgehead atoms. The number of hydrogen-bond acceptors (Lipinski definition) is 2. The Labute approximate surface area is 91.3 Å². The van der Waals surface area contributed by atoms with Crippen molar-refractivity contribution in [2.75, 3.05) is 34.2 Å². The second kappa shape index (κ2) is 5.51. The van der Waals surface area contributed by atoms with Crippen molar-refractivity contribution in [3.8, 4) is 0 Å². The molecule has 81 valence electrons. The first-order valence-corrected chi connectivity index (χ1v) is 4.98. The van der Waals surface area contributed by atoms with Gasteiger partial charge in [0.15, 0.2) is 0 Å². The predicted molar refractivity (Wildman–Crippen MR) is 60.8 cm³/mol. The summed E-state index contributed by atoms with van der Waals surface area (Å²) < 4.78 is 0. The molecule has 3 nitrogen and oxygen atoms in total. The smallest absolute Gasteiger partial charge is 0.254 e. The molecule has 0 saturated heterocycles. The van der Waals surface area contributed by atoms with E-state index in [0.717, 1.165) is 13.1 Å². The van der Waals surface area contributed by atoms with Crippen LogP contribution in [0.15, 0.2) is 24.3 Å². The number of rotatable bonds is 4. The van der Waals surface area contributed by atoms with E-state index in [1.807, 2.05) is 33.3 Å². The summed E-state index contributed by atoms with van der Waals surface area (Å²) in [5.74, 6) is 0.0254. The molecule has 1 amide bonds. The molecule has 15 heavy (non-hydrogen) atoms. The number of likely N-dealkylation sites (N-methyl/N-ethyl adjacent to an activating group) is 2. The van der Waals surface area contributed by atoms with E-state index in [0.29, 0.717) is 5.56 Å². The third-order valence-corrected chi connectivity index (χ3v) is 2.17. The van der Waals surface area contributed by atoms with E-state index >= 15 is 0 Å². The van der Waals surface area contributed by atoms with Gasteiger partial charge in [-0.2, -0.15) is 0 Å². The fourth-order valence-corrected chi connectivity index (χ4v) is 1.18. The third-order valence-electron chi connectivity index (χ3n) is 2.17. The highest BCUT2D eigenvalue weighted by molar-refractivity contribution is 5.93. The van der Waals surface area contributed by atoms with E-state index in [9.17, 15) is 4.79 Å². The third kappa shape index (κ3) is 3.72. The lowest BCUT2D eigenvalue weighted by atomic mass is 10.2. The van der Waals surface area contributed by atoms with Gasteiger partial charge in [0.25, 0.3) is 5.91 Å². The number of benzene rings is 1. The van der Waals surface area contributed by atoms with E-state index in [4.69, 9.17) is 0 Å². The quantitative estimate of drug-likeness (QED) is 0.735. The van der Waals surface area contributed by atoms with E-state index in [-0.39, 0.29) is 5.91 Å². The fraction of sp³-hybridized carbons (Fsp3) is 0.417. The number of carbonyl (C=O) groups is 1. The highest BCUT2D eigenvalue weighted by Crippen LogP contribution is 2.01. The standard InChI is InChI=1S/C12H17N2O/c1-13(2)9-10-14(3)12(15)11-7-5-4-6-8-11/h4-7H,9-10H2,1-3H3. The lowest BCUT2D eigenvalue weighted by Crippen LogP contribution is -2.33. The van der Waals surface area contributed by atoms with Gasteiger partial charge in [-0.25, -0.2) is 0 Å². The average Bonchev–Trinajstić information content (AvgIpc) is 2.26. The minimum absolute atomic E-state index is 0.0254. The Morgan fingerprint density at radius 1 is 1.27 bits per heavy atom. The predicted octanol–water partition coefficient (Wildman–Crippen LogP) is 1.12. The van der Waals surface area contributed by atoms with Gasteiger partial charge in [0, 0.05) is 25.7 Å². The molecule has 0 aliphatic carbocycles. The molecule has 0 saturated carbocycles. The van der Waals surface area contributed by atoms with Gasteiger partial charge < -0.3 is 9.80 Å². The maximum absolute atomic E-state index is 11.8. The largest absolute Gasteiger partial charge is 0.340 e. The number of nitrogens with zero attached hydrogens (tertiary/aromatic N) is 2. The van der Waals surface area contributed by atoms with Crippen LogP contribution in [0.2, 0.25) is 0 Å². The zero-order chi connectivity index (χ0) is 11.3. The molecule has 0 spiro atoms. The molecule has 1 aromatic carbocycles.